The van der Waals surface area contributed by atoms with Gasteiger partial charge in [0.25, 0.3) is 5.91 Å². The summed E-state index contributed by atoms with van der Waals surface area (Å²) in [7, 11) is -3.95. The van der Waals surface area contributed by atoms with Crippen LogP contribution in [0.5, 0.6) is 0 Å². The lowest BCUT2D eigenvalue weighted by atomic mass is 10.1. The number of anilines is 1. The molecule has 1 aliphatic rings. The van der Waals surface area contributed by atoms with Gasteiger partial charge in [-0.25, -0.2) is 12.8 Å². The maximum atomic E-state index is 13.0. The van der Waals surface area contributed by atoms with Crippen LogP contribution in [0.3, 0.4) is 0 Å². The van der Waals surface area contributed by atoms with Crippen LogP contribution in [-0.2, 0) is 14.6 Å². The van der Waals surface area contributed by atoms with Crippen LogP contribution in [0.1, 0.15) is 25.8 Å². The molecule has 3 rings (SSSR count). The predicted molar refractivity (Wildman–Crippen MR) is 98.5 cm³/mol. The fraction of sp³-hybridized carbons (Fsp3) is 0.211. The first-order chi connectivity index (χ1) is 12.3. The van der Waals surface area contributed by atoms with Crippen molar-refractivity contribution in [3.05, 3.63) is 64.8 Å². The first-order valence-electron chi connectivity index (χ1n) is 8.26. The van der Waals surface area contributed by atoms with Gasteiger partial charge in [0, 0.05) is 17.3 Å². The van der Waals surface area contributed by atoms with Crippen LogP contribution in [0.15, 0.2) is 58.3 Å². The van der Waals surface area contributed by atoms with Crippen LogP contribution < -0.4 is 10.6 Å². The van der Waals surface area contributed by atoms with E-state index in [4.69, 9.17) is 0 Å². The van der Waals surface area contributed by atoms with Crippen molar-refractivity contribution in [2.24, 2.45) is 0 Å². The molecule has 1 amide bonds. The Hall–Kier alpha value is -2.67. The summed E-state index contributed by atoms with van der Waals surface area (Å²) in [4.78, 5) is 12.6. The van der Waals surface area contributed by atoms with E-state index in [9.17, 15) is 17.6 Å². The zero-order valence-corrected chi connectivity index (χ0v) is 15.2. The average molecular weight is 374 g/mol. The Morgan fingerprint density at radius 1 is 1.12 bits per heavy atom. The van der Waals surface area contributed by atoms with E-state index in [0.717, 1.165) is 6.42 Å². The van der Waals surface area contributed by atoms with Gasteiger partial charge in [0.1, 0.15) is 5.82 Å². The number of carbonyl (C=O) groups excluding carboxylic acids is 1. The molecule has 2 N–H and O–H groups in total. The van der Waals surface area contributed by atoms with E-state index in [1.165, 1.54) is 30.3 Å². The van der Waals surface area contributed by atoms with Crippen molar-refractivity contribution >= 4 is 27.1 Å². The topological polar surface area (TPSA) is 75.3 Å². The van der Waals surface area contributed by atoms with Crippen molar-refractivity contribution in [1.29, 1.82) is 0 Å². The Morgan fingerprint density at radius 3 is 2.42 bits per heavy atom. The lowest BCUT2D eigenvalue weighted by Crippen LogP contribution is -2.27. The summed E-state index contributed by atoms with van der Waals surface area (Å²) in [6.07, 6.45) is 0.762. The maximum Gasteiger partial charge on any atom is 0.269 e. The molecular formula is C19H19FN2O3S. The minimum atomic E-state index is -3.95. The summed E-state index contributed by atoms with van der Waals surface area (Å²) in [6, 6.07) is 11.7. The van der Waals surface area contributed by atoms with Gasteiger partial charge in [-0.15, -0.1) is 0 Å². The van der Waals surface area contributed by atoms with Gasteiger partial charge in [-0.1, -0.05) is 25.1 Å². The fourth-order valence-corrected chi connectivity index (χ4v) is 4.39. The van der Waals surface area contributed by atoms with Crippen molar-refractivity contribution in [3.8, 4) is 0 Å². The van der Waals surface area contributed by atoms with Crippen LogP contribution in [0.4, 0.5) is 10.1 Å². The van der Waals surface area contributed by atoms with E-state index >= 15 is 0 Å². The van der Waals surface area contributed by atoms with Crippen LogP contribution >= 0.6 is 0 Å². The van der Waals surface area contributed by atoms with Crippen molar-refractivity contribution in [1.82, 2.24) is 5.32 Å². The molecule has 0 radical (unpaired) electrons. The van der Waals surface area contributed by atoms with Gasteiger partial charge >= 0.3 is 0 Å². The van der Waals surface area contributed by atoms with Crippen LogP contribution in [0, 0.1) is 5.82 Å². The second-order valence-electron chi connectivity index (χ2n) is 6.12. The summed E-state index contributed by atoms with van der Waals surface area (Å²) < 4.78 is 38.9. The second kappa shape index (κ2) is 6.92. The first-order valence-corrected chi connectivity index (χ1v) is 9.75. The SMILES string of the molecule is CC[C@H](C)NC1=C(C(=O)Nc2ccc(F)cc2)S(=O)(=O)c2ccccc21. The molecule has 1 atom stereocenters. The van der Waals surface area contributed by atoms with Gasteiger partial charge in [-0.2, -0.15) is 0 Å². The molecule has 7 heteroatoms. The summed E-state index contributed by atoms with van der Waals surface area (Å²) in [5.41, 5.74) is 1.10. The highest BCUT2D eigenvalue weighted by atomic mass is 32.2. The number of fused-ring (bicyclic) bond motifs is 1. The molecule has 2 aromatic carbocycles. The van der Waals surface area contributed by atoms with Crippen molar-refractivity contribution in [3.63, 3.8) is 0 Å². The number of nitrogens with one attached hydrogen (secondary N) is 2. The van der Waals surface area contributed by atoms with Crippen LogP contribution in [0.25, 0.3) is 5.70 Å². The average Bonchev–Trinajstić information content (AvgIpc) is 2.84. The zero-order chi connectivity index (χ0) is 18.9. The molecule has 0 spiro atoms. The van der Waals surface area contributed by atoms with Gasteiger partial charge in [0.2, 0.25) is 9.84 Å². The molecular weight excluding hydrogens is 355 g/mol. The van der Waals surface area contributed by atoms with E-state index in [2.05, 4.69) is 10.6 Å². The minimum Gasteiger partial charge on any atom is -0.381 e. The highest BCUT2D eigenvalue weighted by molar-refractivity contribution is 7.97. The van der Waals surface area contributed by atoms with Crippen LogP contribution in [-0.4, -0.2) is 20.4 Å². The maximum absolute atomic E-state index is 13.0. The van der Waals surface area contributed by atoms with E-state index in [1.54, 1.807) is 18.2 Å². The number of amides is 1. The number of sulfone groups is 1. The van der Waals surface area contributed by atoms with E-state index in [1.807, 2.05) is 13.8 Å². The lowest BCUT2D eigenvalue weighted by Gasteiger charge is -2.16. The number of rotatable bonds is 5. The number of carbonyl (C=O) groups is 1. The molecule has 0 aromatic heterocycles. The predicted octanol–water partition coefficient (Wildman–Crippen LogP) is 3.31. The van der Waals surface area contributed by atoms with E-state index < -0.39 is 21.6 Å². The molecule has 0 saturated heterocycles. The van der Waals surface area contributed by atoms with E-state index in [-0.39, 0.29) is 15.8 Å². The Bertz CT molecular complexity index is 982. The Labute approximate surface area is 151 Å². The molecule has 0 fully saturated rings. The summed E-state index contributed by atoms with van der Waals surface area (Å²) in [5.74, 6) is -1.19. The van der Waals surface area contributed by atoms with Gasteiger partial charge in [0.15, 0.2) is 4.91 Å². The lowest BCUT2D eigenvalue weighted by molar-refractivity contribution is -0.112. The van der Waals surface area contributed by atoms with Crippen molar-refractivity contribution < 1.29 is 17.6 Å². The van der Waals surface area contributed by atoms with Gasteiger partial charge < -0.3 is 10.6 Å². The highest BCUT2D eigenvalue weighted by Gasteiger charge is 2.40. The van der Waals surface area contributed by atoms with Crippen molar-refractivity contribution in [2.45, 2.75) is 31.2 Å². The van der Waals surface area contributed by atoms with Crippen LogP contribution in [0.2, 0.25) is 0 Å². The normalized spacial score (nSPS) is 16.1. The molecule has 0 saturated carbocycles. The zero-order valence-electron chi connectivity index (χ0n) is 14.4. The largest absolute Gasteiger partial charge is 0.381 e. The van der Waals surface area contributed by atoms with E-state index in [0.29, 0.717) is 16.9 Å². The third-order valence-electron chi connectivity index (χ3n) is 4.25. The molecule has 0 unspecified atom stereocenters. The third-order valence-corrected chi connectivity index (χ3v) is 6.12. The Morgan fingerprint density at radius 2 is 1.77 bits per heavy atom. The summed E-state index contributed by atoms with van der Waals surface area (Å²) in [6.45, 7) is 3.88. The highest BCUT2D eigenvalue weighted by Crippen LogP contribution is 2.38. The molecule has 1 aliphatic heterocycles. The second-order valence-corrected chi connectivity index (χ2v) is 7.97. The summed E-state index contributed by atoms with van der Waals surface area (Å²) >= 11 is 0. The molecule has 1 heterocycles. The van der Waals surface area contributed by atoms with Gasteiger partial charge in [-0.3, -0.25) is 4.79 Å². The molecule has 0 bridgehead atoms. The number of benzene rings is 2. The first kappa shape index (κ1) is 18.1. The van der Waals surface area contributed by atoms with Crippen molar-refractivity contribution in [2.75, 3.05) is 5.32 Å². The monoisotopic (exact) mass is 374 g/mol. The van der Waals surface area contributed by atoms with Gasteiger partial charge in [-0.05, 0) is 43.7 Å². The molecule has 136 valence electrons. The Balaban J connectivity index is 2.06. The fourth-order valence-electron chi connectivity index (χ4n) is 2.72. The third kappa shape index (κ3) is 3.22. The number of hydrogen-bond donors (Lipinski definition) is 2. The number of hydrogen-bond acceptors (Lipinski definition) is 4. The number of halogens is 1. The standard InChI is InChI=1S/C19H19FN2O3S/c1-3-12(2)21-17-15-6-4-5-7-16(15)26(24,25)18(17)19(23)22-14-10-8-13(20)9-11-14/h4-12,21H,3H2,1-2H3,(H,22,23)/t12-/m0/s1. The quantitative estimate of drug-likeness (QED) is 0.842. The molecule has 0 aliphatic carbocycles. The Kier molecular flexibility index (Phi) is 4.82. The molecule has 26 heavy (non-hydrogen) atoms. The molecule has 5 nitrogen and oxygen atoms in total. The summed E-state index contributed by atoms with van der Waals surface area (Å²) in [5, 5.41) is 5.69. The smallest absolute Gasteiger partial charge is 0.269 e. The van der Waals surface area contributed by atoms with Gasteiger partial charge in [0.05, 0.1) is 10.6 Å². The minimum absolute atomic E-state index is 0.0139. The molecule has 2 aromatic rings.